The molecule has 1 aliphatic rings. The van der Waals surface area contributed by atoms with E-state index in [4.69, 9.17) is 46.4 Å². The van der Waals surface area contributed by atoms with Gasteiger partial charge in [-0.1, -0.05) is 46.4 Å². The molecular weight excluding hydrogens is 438 g/mol. The largest absolute Gasteiger partial charge is 0.325 e. The first-order valence-corrected chi connectivity index (χ1v) is 8.85. The van der Waals surface area contributed by atoms with E-state index in [0.29, 0.717) is 4.90 Å². The lowest BCUT2D eigenvalue weighted by atomic mass is 10.1. The molecule has 2 aromatic carbocycles. The Balaban J connectivity index is 1.87. The van der Waals surface area contributed by atoms with Gasteiger partial charge in [0.25, 0.3) is 5.91 Å². The second-order valence-electron chi connectivity index (χ2n) is 5.49. The number of nitrogens with one attached hydrogen (secondary N) is 1. The van der Waals surface area contributed by atoms with Crippen LogP contribution in [0.4, 0.5) is 11.4 Å². The van der Waals surface area contributed by atoms with Gasteiger partial charge in [-0.3, -0.25) is 19.2 Å². The number of anilines is 2. The van der Waals surface area contributed by atoms with Gasteiger partial charge >= 0.3 is 5.91 Å². The number of benzene rings is 2. The summed E-state index contributed by atoms with van der Waals surface area (Å²) >= 11 is 23.4. The summed E-state index contributed by atoms with van der Waals surface area (Å²) in [6.07, 6.45) is 0. The fourth-order valence-electron chi connectivity index (χ4n) is 2.46. The van der Waals surface area contributed by atoms with Gasteiger partial charge in [0, 0.05) is 5.69 Å². The van der Waals surface area contributed by atoms with Gasteiger partial charge in [-0.05, 0) is 36.4 Å². The van der Waals surface area contributed by atoms with Crippen molar-refractivity contribution in [1.29, 1.82) is 0 Å². The van der Waals surface area contributed by atoms with Gasteiger partial charge in [-0.2, -0.15) is 0 Å². The van der Waals surface area contributed by atoms with Crippen LogP contribution in [0.1, 0.15) is 0 Å². The molecule has 0 bridgehead atoms. The maximum absolute atomic E-state index is 12.6. The van der Waals surface area contributed by atoms with Crippen molar-refractivity contribution >= 4 is 81.3 Å². The third-order valence-corrected chi connectivity index (χ3v) is 5.23. The van der Waals surface area contributed by atoms with Gasteiger partial charge in [-0.25, -0.2) is 4.90 Å². The monoisotopic (exact) mass is 444 g/mol. The number of nitrogens with zero attached hydrogens (tertiary/aromatic N) is 1. The first kappa shape index (κ1) is 19.6. The number of carbonyl (C=O) groups is 4. The molecule has 1 N–H and O–H groups in total. The molecule has 6 nitrogen and oxygen atoms in total. The Hall–Kier alpha value is -2.12. The van der Waals surface area contributed by atoms with Crippen molar-refractivity contribution in [1.82, 2.24) is 0 Å². The second kappa shape index (κ2) is 7.48. The Morgan fingerprint density at radius 1 is 0.852 bits per heavy atom. The van der Waals surface area contributed by atoms with Crippen molar-refractivity contribution in [2.45, 2.75) is 0 Å². The highest BCUT2D eigenvalue weighted by Crippen LogP contribution is 2.31. The molecule has 3 amide bonds. The van der Waals surface area contributed by atoms with Gasteiger partial charge in [0.1, 0.15) is 0 Å². The molecule has 0 aromatic heterocycles. The van der Waals surface area contributed by atoms with Crippen LogP contribution in [-0.4, -0.2) is 23.5 Å². The molecule has 1 heterocycles. The summed E-state index contributed by atoms with van der Waals surface area (Å²) < 4.78 is 0. The van der Waals surface area contributed by atoms with Gasteiger partial charge in [0.15, 0.2) is 5.92 Å². The molecule has 10 heteroatoms. The summed E-state index contributed by atoms with van der Waals surface area (Å²) in [6.45, 7) is 0. The van der Waals surface area contributed by atoms with E-state index in [-0.39, 0.29) is 31.5 Å². The average molecular weight is 446 g/mol. The summed E-state index contributed by atoms with van der Waals surface area (Å²) in [4.78, 5) is 50.1. The van der Waals surface area contributed by atoms with E-state index < -0.39 is 29.4 Å². The summed E-state index contributed by atoms with van der Waals surface area (Å²) in [6, 6.07) is 8.19. The summed E-state index contributed by atoms with van der Waals surface area (Å²) in [5, 5.41) is 3.11. The van der Waals surface area contributed by atoms with Crippen molar-refractivity contribution in [2.75, 3.05) is 10.2 Å². The number of ketones is 1. The third-order valence-electron chi connectivity index (χ3n) is 3.75. The maximum atomic E-state index is 12.6. The molecule has 1 aliphatic heterocycles. The molecule has 0 unspecified atom stereocenters. The number of carbonyl (C=O) groups excluding carboxylic acids is 4. The highest BCUT2D eigenvalue weighted by molar-refractivity contribution is 6.60. The minimum atomic E-state index is -1.82. The minimum Gasteiger partial charge on any atom is -0.325 e. The zero-order chi connectivity index (χ0) is 19.9. The lowest BCUT2D eigenvalue weighted by Crippen LogP contribution is -2.34. The first-order valence-electron chi connectivity index (χ1n) is 7.34. The molecular formula is C17H8Cl4N2O4. The first-order chi connectivity index (χ1) is 12.7. The standard InChI is InChI=1S/C17H8Cl4N2O4/c18-9-3-1-7(5-11(9)20)22-15(25)13-14(24)17(27)23(16(13)26)8-2-4-10(19)12(21)6-8/h1-6,13H,(H,22,25)/t13-/m0/s1. The van der Waals surface area contributed by atoms with Crippen LogP contribution in [-0.2, 0) is 19.2 Å². The highest BCUT2D eigenvalue weighted by atomic mass is 35.5. The number of hydrogen-bond donors (Lipinski definition) is 1. The molecule has 0 saturated carbocycles. The topological polar surface area (TPSA) is 83.6 Å². The summed E-state index contributed by atoms with van der Waals surface area (Å²) in [7, 11) is 0. The smallest absolute Gasteiger partial charge is 0.302 e. The minimum absolute atomic E-state index is 0.0394. The quantitative estimate of drug-likeness (QED) is 0.439. The van der Waals surface area contributed by atoms with Crippen LogP contribution >= 0.6 is 46.4 Å². The highest BCUT2D eigenvalue weighted by Gasteiger charge is 2.51. The van der Waals surface area contributed by atoms with Gasteiger partial charge in [-0.15, -0.1) is 0 Å². The predicted octanol–water partition coefficient (Wildman–Crippen LogP) is 4.00. The van der Waals surface area contributed by atoms with Gasteiger partial charge in [0.05, 0.1) is 25.8 Å². The Morgan fingerprint density at radius 3 is 2.04 bits per heavy atom. The van der Waals surface area contributed by atoms with Crippen LogP contribution in [0.5, 0.6) is 0 Å². The molecule has 2 aromatic rings. The van der Waals surface area contributed by atoms with Crippen LogP contribution in [0, 0.1) is 5.92 Å². The van der Waals surface area contributed by atoms with Crippen LogP contribution in [0.15, 0.2) is 36.4 Å². The number of imide groups is 1. The Kier molecular flexibility index (Phi) is 5.44. The maximum Gasteiger partial charge on any atom is 0.302 e. The summed E-state index contributed by atoms with van der Waals surface area (Å²) in [5.41, 5.74) is 0.257. The van der Waals surface area contributed by atoms with Crippen LogP contribution in [0.3, 0.4) is 0 Å². The van der Waals surface area contributed by atoms with E-state index in [0.717, 1.165) is 0 Å². The van der Waals surface area contributed by atoms with Crippen LogP contribution < -0.4 is 10.2 Å². The van der Waals surface area contributed by atoms with E-state index >= 15 is 0 Å². The molecule has 0 aliphatic carbocycles. The number of Topliss-reactive ketones (excluding diaryl/α,β-unsaturated/α-hetero) is 1. The molecule has 3 rings (SSSR count). The van der Waals surface area contributed by atoms with Crippen LogP contribution in [0.25, 0.3) is 0 Å². The van der Waals surface area contributed by atoms with E-state index in [1.54, 1.807) is 0 Å². The molecule has 0 radical (unpaired) electrons. The van der Waals surface area contributed by atoms with E-state index in [2.05, 4.69) is 5.32 Å². The Morgan fingerprint density at radius 2 is 1.44 bits per heavy atom. The average Bonchev–Trinajstić information content (AvgIpc) is 2.83. The molecule has 0 spiro atoms. The molecule has 1 fully saturated rings. The third kappa shape index (κ3) is 3.66. The lowest BCUT2D eigenvalue weighted by Gasteiger charge is -2.14. The van der Waals surface area contributed by atoms with Crippen molar-refractivity contribution in [3.05, 3.63) is 56.5 Å². The van der Waals surface area contributed by atoms with Crippen molar-refractivity contribution < 1.29 is 19.2 Å². The molecule has 1 atom stereocenters. The fraction of sp³-hybridized carbons (Fsp3) is 0.0588. The van der Waals surface area contributed by atoms with E-state index in [1.165, 1.54) is 36.4 Å². The summed E-state index contributed by atoms with van der Waals surface area (Å²) in [5.74, 6) is -6.04. The van der Waals surface area contributed by atoms with Gasteiger partial charge < -0.3 is 5.32 Å². The molecule has 1 saturated heterocycles. The number of hydrogen-bond acceptors (Lipinski definition) is 4. The lowest BCUT2D eigenvalue weighted by molar-refractivity contribution is -0.139. The van der Waals surface area contributed by atoms with Crippen molar-refractivity contribution in [3.63, 3.8) is 0 Å². The normalized spacial score (nSPS) is 16.8. The van der Waals surface area contributed by atoms with Crippen LogP contribution in [0.2, 0.25) is 20.1 Å². The number of rotatable bonds is 3. The van der Waals surface area contributed by atoms with Crippen molar-refractivity contribution in [3.8, 4) is 0 Å². The van der Waals surface area contributed by atoms with Crippen molar-refractivity contribution in [2.24, 2.45) is 5.92 Å². The number of halogens is 4. The van der Waals surface area contributed by atoms with E-state index in [1.807, 2.05) is 0 Å². The molecule has 138 valence electrons. The van der Waals surface area contributed by atoms with E-state index in [9.17, 15) is 19.2 Å². The fourth-order valence-corrected chi connectivity index (χ4v) is 3.05. The Labute approximate surface area is 172 Å². The zero-order valence-corrected chi connectivity index (χ0v) is 16.2. The Bertz CT molecular complexity index is 1010. The second-order valence-corrected chi connectivity index (χ2v) is 7.12. The van der Waals surface area contributed by atoms with Gasteiger partial charge in [0.2, 0.25) is 11.7 Å². The predicted molar refractivity (Wildman–Crippen MR) is 103 cm³/mol. The molecule has 27 heavy (non-hydrogen) atoms. The zero-order valence-electron chi connectivity index (χ0n) is 13.1. The SMILES string of the molecule is O=C(Nc1ccc(Cl)c(Cl)c1)[C@@H]1C(=O)C(=O)N(c2ccc(Cl)c(Cl)c2)C1=O. The number of amides is 3.